The molecular weight excluding hydrogens is 616 g/mol. The third-order valence-corrected chi connectivity index (χ3v) is 9.52. The lowest BCUT2D eigenvalue weighted by Crippen LogP contribution is -2.55. The second-order valence-electron chi connectivity index (χ2n) is 10.8. The van der Waals surface area contributed by atoms with Crippen molar-refractivity contribution < 1.29 is 18.0 Å². The molecule has 3 rings (SSSR count). The number of aryl methyl sites for hydroxylation is 2. The van der Waals surface area contributed by atoms with E-state index in [4.69, 9.17) is 0 Å². The third kappa shape index (κ3) is 8.65. The highest BCUT2D eigenvalue weighted by Gasteiger charge is 2.35. The highest BCUT2D eigenvalue weighted by Crippen LogP contribution is 2.26. The van der Waals surface area contributed by atoms with Crippen LogP contribution in [0.2, 0.25) is 0 Å². The number of hydrogen-bond acceptors (Lipinski definition) is 4. The average Bonchev–Trinajstić information content (AvgIpc) is 2.96. The van der Waals surface area contributed by atoms with Crippen LogP contribution in [0.5, 0.6) is 0 Å². The van der Waals surface area contributed by atoms with Gasteiger partial charge in [-0.3, -0.25) is 9.59 Å². The number of carbonyl (C=O) groups excluding carboxylic acids is 2. The van der Waals surface area contributed by atoms with Crippen molar-refractivity contribution in [1.29, 1.82) is 0 Å². The van der Waals surface area contributed by atoms with Crippen molar-refractivity contribution in [1.82, 2.24) is 14.5 Å². The van der Waals surface area contributed by atoms with Crippen molar-refractivity contribution in [2.24, 2.45) is 0 Å². The van der Waals surface area contributed by atoms with Gasteiger partial charge >= 0.3 is 10.2 Å². The van der Waals surface area contributed by atoms with E-state index in [1.165, 1.54) is 19.0 Å². The molecule has 0 aliphatic carbocycles. The van der Waals surface area contributed by atoms with Gasteiger partial charge in [-0.15, -0.1) is 0 Å². The molecule has 0 radical (unpaired) electrons. The molecule has 2 amide bonds. The van der Waals surface area contributed by atoms with Crippen molar-refractivity contribution in [3.8, 4) is 0 Å². The summed E-state index contributed by atoms with van der Waals surface area (Å²) in [7, 11) is -1.17. The molecule has 0 fully saturated rings. The molecule has 3 aromatic rings. The SMILES string of the molecule is CC[C@@H](C)NC(=O)[C@H](Cc1ccccc1)N(Cc1ccc(Br)cc1)C(=O)CN(c1cc(C)ccc1C)S(=O)(=O)N(C)C. The van der Waals surface area contributed by atoms with Crippen LogP contribution in [0.25, 0.3) is 0 Å². The van der Waals surface area contributed by atoms with Crippen LogP contribution in [-0.4, -0.2) is 62.2 Å². The molecule has 42 heavy (non-hydrogen) atoms. The average molecular weight is 658 g/mol. The van der Waals surface area contributed by atoms with Crippen LogP contribution < -0.4 is 9.62 Å². The summed E-state index contributed by atoms with van der Waals surface area (Å²) < 4.78 is 30.4. The molecule has 8 nitrogen and oxygen atoms in total. The zero-order valence-corrected chi connectivity index (χ0v) is 27.6. The van der Waals surface area contributed by atoms with Crippen LogP contribution in [0.1, 0.15) is 42.5 Å². The first-order chi connectivity index (χ1) is 19.8. The van der Waals surface area contributed by atoms with E-state index in [-0.39, 0.29) is 24.9 Å². The van der Waals surface area contributed by atoms with Gasteiger partial charge in [0, 0.05) is 37.6 Å². The first-order valence-electron chi connectivity index (χ1n) is 14.0. The fourth-order valence-electron chi connectivity index (χ4n) is 4.47. The predicted molar refractivity (Wildman–Crippen MR) is 172 cm³/mol. The minimum atomic E-state index is -4.05. The van der Waals surface area contributed by atoms with Crippen LogP contribution in [-0.2, 0) is 32.8 Å². The Kier molecular flexibility index (Phi) is 11.7. The van der Waals surface area contributed by atoms with Crippen molar-refractivity contribution in [3.63, 3.8) is 0 Å². The minimum absolute atomic E-state index is 0.0963. The summed E-state index contributed by atoms with van der Waals surface area (Å²) >= 11 is 3.46. The number of amides is 2. The molecule has 0 saturated carbocycles. The van der Waals surface area contributed by atoms with Crippen molar-refractivity contribution in [2.45, 2.75) is 59.2 Å². The number of nitrogens with one attached hydrogen (secondary N) is 1. The molecule has 10 heteroatoms. The molecule has 2 atom stereocenters. The summed E-state index contributed by atoms with van der Waals surface area (Å²) in [5, 5.41) is 3.05. The van der Waals surface area contributed by atoms with E-state index in [0.717, 1.165) is 36.2 Å². The number of nitrogens with zero attached hydrogens (tertiary/aromatic N) is 3. The summed E-state index contributed by atoms with van der Waals surface area (Å²) in [6.45, 7) is 7.25. The van der Waals surface area contributed by atoms with E-state index in [0.29, 0.717) is 11.3 Å². The Hall–Kier alpha value is -3.21. The minimum Gasteiger partial charge on any atom is -0.352 e. The highest BCUT2D eigenvalue weighted by molar-refractivity contribution is 9.10. The lowest BCUT2D eigenvalue weighted by atomic mass is 10.0. The van der Waals surface area contributed by atoms with E-state index < -0.39 is 28.7 Å². The standard InChI is InChI=1S/C32H41BrN4O4S/c1-7-25(4)34-32(39)30(20-26-11-9-8-10-12-26)36(21-27-15-17-28(33)18-16-27)31(38)22-37(42(40,41)35(5)6)29-19-23(2)13-14-24(29)3/h8-19,25,30H,7,20-22H2,1-6H3,(H,34,39)/t25-,30+/m1/s1. The first-order valence-corrected chi connectivity index (χ1v) is 16.2. The van der Waals surface area contributed by atoms with Gasteiger partial charge in [0.1, 0.15) is 12.6 Å². The summed E-state index contributed by atoms with van der Waals surface area (Å²) in [6, 6.07) is 21.6. The number of hydrogen-bond donors (Lipinski definition) is 1. The summed E-state index contributed by atoms with van der Waals surface area (Å²) in [5.74, 6) is -0.767. The van der Waals surface area contributed by atoms with E-state index in [1.807, 2.05) is 94.4 Å². The Labute approximate surface area is 259 Å². The molecule has 226 valence electrons. The quantitative estimate of drug-likeness (QED) is 0.273. The fourth-order valence-corrected chi connectivity index (χ4v) is 5.85. The first kappa shape index (κ1) is 33.3. The molecule has 0 aliphatic heterocycles. The molecule has 3 aromatic carbocycles. The lowest BCUT2D eigenvalue weighted by molar-refractivity contribution is -0.140. The Morgan fingerprint density at radius 1 is 0.929 bits per heavy atom. The number of carbonyl (C=O) groups is 2. The van der Waals surface area contributed by atoms with Gasteiger partial charge < -0.3 is 10.2 Å². The van der Waals surface area contributed by atoms with Crippen LogP contribution in [0, 0.1) is 13.8 Å². The van der Waals surface area contributed by atoms with E-state index >= 15 is 0 Å². The molecular formula is C32H41BrN4O4S. The third-order valence-electron chi connectivity index (χ3n) is 7.19. The Bertz CT molecular complexity index is 1460. The van der Waals surface area contributed by atoms with Gasteiger partial charge in [0.05, 0.1) is 5.69 Å². The van der Waals surface area contributed by atoms with Gasteiger partial charge in [0.2, 0.25) is 11.8 Å². The molecule has 0 saturated heterocycles. The van der Waals surface area contributed by atoms with E-state index in [1.54, 1.807) is 6.07 Å². The van der Waals surface area contributed by atoms with E-state index in [2.05, 4.69) is 21.2 Å². The maximum atomic E-state index is 14.4. The van der Waals surface area contributed by atoms with E-state index in [9.17, 15) is 18.0 Å². The molecule has 0 spiro atoms. The zero-order chi connectivity index (χ0) is 31.0. The van der Waals surface area contributed by atoms with Gasteiger partial charge in [-0.05, 0) is 67.6 Å². The Morgan fingerprint density at radius 3 is 2.17 bits per heavy atom. The highest BCUT2D eigenvalue weighted by atomic mass is 79.9. The Morgan fingerprint density at radius 2 is 1.57 bits per heavy atom. The summed E-state index contributed by atoms with van der Waals surface area (Å²) in [6.07, 6.45) is 1.00. The topological polar surface area (TPSA) is 90.0 Å². The lowest BCUT2D eigenvalue weighted by Gasteiger charge is -2.35. The van der Waals surface area contributed by atoms with Crippen LogP contribution in [0.4, 0.5) is 5.69 Å². The van der Waals surface area contributed by atoms with Gasteiger partial charge in [-0.2, -0.15) is 12.7 Å². The van der Waals surface area contributed by atoms with Crippen molar-refractivity contribution in [2.75, 3.05) is 24.9 Å². The second kappa shape index (κ2) is 14.8. The molecule has 0 heterocycles. The smallest absolute Gasteiger partial charge is 0.304 e. The molecule has 0 aromatic heterocycles. The fraction of sp³-hybridized carbons (Fsp3) is 0.375. The van der Waals surface area contributed by atoms with Gasteiger partial charge in [-0.25, -0.2) is 4.31 Å². The number of rotatable bonds is 13. The van der Waals surface area contributed by atoms with Gasteiger partial charge in [0.15, 0.2) is 0 Å². The predicted octanol–water partition coefficient (Wildman–Crippen LogP) is 5.23. The number of benzene rings is 3. The maximum absolute atomic E-state index is 14.4. The largest absolute Gasteiger partial charge is 0.352 e. The van der Waals surface area contributed by atoms with Gasteiger partial charge in [0.25, 0.3) is 0 Å². The Balaban J connectivity index is 2.13. The summed E-state index contributed by atoms with van der Waals surface area (Å²) in [4.78, 5) is 29.7. The number of anilines is 1. The molecule has 0 aliphatic rings. The molecule has 0 unspecified atom stereocenters. The van der Waals surface area contributed by atoms with Crippen LogP contribution >= 0.6 is 15.9 Å². The van der Waals surface area contributed by atoms with Crippen molar-refractivity contribution in [3.05, 3.63) is 99.5 Å². The molecule has 0 bridgehead atoms. The monoisotopic (exact) mass is 656 g/mol. The van der Waals surface area contributed by atoms with Crippen molar-refractivity contribution >= 4 is 43.6 Å². The van der Waals surface area contributed by atoms with Gasteiger partial charge in [-0.1, -0.05) is 77.5 Å². The normalized spacial score (nSPS) is 13.0. The van der Waals surface area contributed by atoms with Crippen LogP contribution in [0.3, 0.4) is 0 Å². The maximum Gasteiger partial charge on any atom is 0.304 e. The summed E-state index contributed by atoms with van der Waals surface area (Å²) in [5.41, 5.74) is 3.71. The second-order valence-corrected chi connectivity index (χ2v) is 13.7. The molecule has 1 N–H and O–H groups in total. The number of halogens is 1. The zero-order valence-electron chi connectivity index (χ0n) is 25.2. The van der Waals surface area contributed by atoms with Crippen LogP contribution in [0.15, 0.2) is 77.3 Å².